The highest BCUT2D eigenvalue weighted by Gasteiger charge is 2.01. The van der Waals surface area contributed by atoms with Crippen LogP contribution in [-0.4, -0.2) is 9.72 Å². The Morgan fingerprint density at radius 1 is 1.50 bits per heavy atom. The van der Waals surface area contributed by atoms with Crippen LogP contribution in [0.15, 0.2) is 39.8 Å². The molecule has 14 heavy (non-hydrogen) atoms. The number of aryl methyl sites for hydroxylation is 1. The number of rotatable bonds is 2. The Balaban J connectivity index is 2.27. The molecule has 2 aromatic heterocycles. The lowest BCUT2D eigenvalue weighted by atomic mass is 10.3. The van der Waals surface area contributed by atoms with E-state index < -0.39 is 0 Å². The fourth-order valence-electron chi connectivity index (χ4n) is 1.25. The van der Waals surface area contributed by atoms with Gasteiger partial charge in [0.15, 0.2) is 5.76 Å². The van der Waals surface area contributed by atoms with Crippen molar-refractivity contribution in [3.05, 3.63) is 52.3 Å². The highest BCUT2D eigenvalue weighted by atomic mass is 16.5. The molecule has 2 heterocycles. The lowest BCUT2D eigenvalue weighted by molar-refractivity contribution is 0.371. The van der Waals surface area contributed by atoms with Crippen molar-refractivity contribution in [3.8, 4) is 0 Å². The summed E-state index contributed by atoms with van der Waals surface area (Å²) in [6, 6.07) is 6.86. The SMILES string of the molecule is Cc1cc(Cn2ccccc2=O)on1. The number of pyridine rings is 1. The summed E-state index contributed by atoms with van der Waals surface area (Å²) in [6.07, 6.45) is 1.72. The van der Waals surface area contributed by atoms with Gasteiger partial charge in [-0.15, -0.1) is 0 Å². The summed E-state index contributed by atoms with van der Waals surface area (Å²) in [7, 11) is 0. The van der Waals surface area contributed by atoms with E-state index >= 15 is 0 Å². The van der Waals surface area contributed by atoms with Crippen molar-refractivity contribution in [1.29, 1.82) is 0 Å². The van der Waals surface area contributed by atoms with Gasteiger partial charge in [-0.3, -0.25) is 4.79 Å². The molecule has 0 N–H and O–H groups in total. The van der Waals surface area contributed by atoms with Crippen molar-refractivity contribution in [1.82, 2.24) is 9.72 Å². The van der Waals surface area contributed by atoms with Crippen molar-refractivity contribution in [2.24, 2.45) is 0 Å². The Bertz CT molecular complexity index is 485. The first-order chi connectivity index (χ1) is 6.75. The van der Waals surface area contributed by atoms with E-state index in [-0.39, 0.29) is 5.56 Å². The molecule has 4 heteroatoms. The molecule has 0 spiro atoms. The highest BCUT2D eigenvalue weighted by molar-refractivity contribution is 5.04. The minimum atomic E-state index is -0.0402. The molecule has 0 bridgehead atoms. The quantitative estimate of drug-likeness (QED) is 0.714. The van der Waals surface area contributed by atoms with Gasteiger partial charge >= 0.3 is 0 Å². The van der Waals surface area contributed by atoms with Gasteiger partial charge in [0.25, 0.3) is 5.56 Å². The standard InChI is InChI=1S/C10H10N2O2/c1-8-6-9(14-11-8)7-12-5-3-2-4-10(12)13/h2-6H,7H2,1H3. The molecule has 2 aromatic rings. The van der Waals surface area contributed by atoms with Crippen molar-refractivity contribution in [2.45, 2.75) is 13.5 Å². The summed E-state index contributed by atoms with van der Waals surface area (Å²) >= 11 is 0. The Hall–Kier alpha value is -1.84. The van der Waals surface area contributed by atoms with E-state index in [9.17, 15) is 4.79 Å². The second-order valence-electron chi connectivity index (χ2n) is 3.10. The Morgan fingerprint density at radius 3 is 3.00 bits per heavy atom. The normalized spacial score (nSPS) is 10.4. The van der Waals surface area contributed by atoms with Crippen LogP contribution >= 0.6 is 0 Å². The zero-order valence-corrected chi connectivity index (χ0v) is 7.80. The predicted molar refractivity (Wildman–Crippen MR) is 51.0 cm³/mol. The van der Waals surface area contributed by atoms with Crippen molar-refractivity contribution < 1.29 is 4.52 Å². The summed E-state index contributed by atoms with van der Waals surface area (Å²) in [5, 5.41) is 3.75. The second kappa shape index (κ2) is 3.49. The molecule has 0 aromatic carbocycles. The van der Waals surface area contributed by atoms with Gasteiger partial charge in [-0.25, -0.2) is 0 Å². The maximum absolute atomic E-state index is 11.3. The minimum Gasteiger partial charge on any atom is -0.359 e. The average Bonchev–Trinajstić information content (AvgIpc) is 2.56. The summed E-state index contributed by atoms with van der Waals surface area (Å²) in [4.78, 5) is 11.3. The molecule has 0 aliphatic carbocycles. The molecule has 0 fully saturated rings. The average molecular weight is 190 g/mol. The van der Waals surface area contributed by atoms with E-state index in [0.717, 1.165) is 5.69 Å². The molecule has 0 atom stereocenters. The fourth-order valence-corrected chi connectivity index (χ4v) is 1.25. The first-order valence-electron chi connectivity index (χ1n) is 4.33. The minimum absolute atomic E-state index is 0.0402. The van der Waals surface area contributed by atoms with Crippen molar-refractivity contribution >= 4 is 0 Å². The lowest BCUT2D eigenvalue weighted by Gasteiger charge is -1.99. The molecule has 4 nitrogen and oxygen atoms in total. The van der Waals surface area contributed by atoms with E-state index in [0.29, 0.717) is 12.3 Å². The smallest absolute Gasteiger partial charge is 0.250 e. The first-order valence-corrected chi connectivity index (χ1v) is 4.33. The molecule has 0 radical (unpaired) electrons. The van der Waals surface area contributed by atoms with Crippen LogP contribution in [0.5, 0.6) is 0 Å². The Kier molecular flexibility index (Phi) is 2.18. The zero-order valence-electron chi connectivity index (χ0n) is 7.80. The van der Waals surface area contributed by atoms with Crippen LogP contribution in [-0.2, 0) is 6.54 Å². The van der Waals surface area contributed by atoms with E-state index in [1.54, 1.807) is 16.8 Å². The third-order valence-corrected chi connectivity index (χ3v) is 1.90. The molecule has 2 rings (SSSR count). The lowest BCUT2D eigenvalue weighted by Crippen LogP contribution is -2.17. The number of hydrogen-bond donors (Lipinski definition) is 0. The summed E-state index contributed by atoms with van der Waals surface area (Å²) in [5.74, 6) is 0.691. The van der Waals surface area contributed by atoms with Crippen LogP contribution in [0.1, 0.15) is 11.5 Å². The molecule has 72 valence electrons. The zero-order chi connectivity index (χ0) is 9.97. The van der Waals surface area contributed by atoms with Crippen LogP contribution in [0.3, 0.4) is 0 Å². The van der Waals surface area contributed by atoms with Crippen LogP contribution in [0, 0.1) is 6.92 Å². The molecular weight excluding hydrogens is 180 g/mol. The summed E-state index contributed by atoms with van der Waals surface area (Å²) < 4.78 is 6.58. The van der Waals surface area contributed by atoms with Gasteiger partial charge in [0.2, 0.25) is 0 Å². The maximum atomic E-state index is 11.3. The van der Waals surface area contributed by atoms with Gasteiger partial charge in [-0.2, -0.15) is 0 Å². The Labute approximate surface area is 80.8 Å². The predicted octanol–water partition coefficient (Wildman–Crippen LogP) is 1.19. The van der Waals surface area contributed by atoms with Crippen molar-refractivity contribution in [3.63, 3.8) is 0 Å². The highest BCUT2D eigenvalue weighted by Crippen LogP contribution is 2.02. The maximum Gasteiger partial charge on any atom is 0.250 e. The fraction of sp³-hybridized carbons (Fsp3) is 0.200. The first kappa shape index (κ1) is 8.74. The summed E-state index contributed by atoms with van der Waals surface area (Å²) in [6.45, 7) is 2.28. The number of hydrogen-bond acceptors (Lipinski definition) is 3. The molecule has 0 saturated heterocycles. The van der Waals surface area contributed by atoms with Gasteiger partial charge in [0.1, 0.15) is 0 Å². The van der Waals surface area contributed by atoms with Crippen LogP contribution in [0.2, 0.25) is 0 Å². The molecule has 0 unspecified atom stereocenters. The second-order valence-corrected chi connectivity index (χ2v) is 3.10. The van der Waals surface area contributed by atoms with E-state index in [1.165, 1.54) is 6.07 Å². The molecule has 0 amide bonds. The van der Waals surface area contributed by atoms with Crippen LogP contribution in [0.25, 0.3) is 0 Å². The summed E-state index contributed by atoms with van der Waals surface area (Å²) in [5.41, 5.74) is 0.783. The van der Waals surface area contributed by atoms with E-state index in [2.05, 4.69) is 5.16 Å². The monoisotopic (exact) mass is 190 g/mol. The van der Waals surface area contributed by atoms with Gasteiger partial charge in [0, 0.05) is 18.3 Å². The molecule has 0 aliphatic rings. The van der Waals surface area contributed by atoms with Crippen molar-refractivity contribution in [2.75, 3.05) is 0 Å². The number of aromatic nitrogens is 2. The molecule has 0 aliphatic heterocycles. The topological polar surface area (TPSA) is 48.0 Å². The van der Waals surface area contributed by atoms with Gasteiger partial charge in [-0.05, 0) is 13.0 Å². The van der Waals surface area contributed by atoms with Crippen LogP contribution in [0.4, 0.5) is 0 Å². The van der Waals surface area contributed by atoms with E-state index in [4.69, 9.17) is 4.52 Å². The number of nitrogens with zero attached hydrogens (tertiary/aromatic N) is 2. The van der Waals surface area contributed by atoms with Gasteiger partial charge in [-0.1, -0.05) is 11.2 Å². The van der Waals surface area contributed by atoms with E-state index in [1.807, 2.05) is 19.1 Å². The molecule has 0 saturated carbocycles. The largest absolute Gasteiger partial charge is 0.359 e. The third-order valence-electron chi connectivity index (χ3n) is 1.90. The Morgan fingerprint density at radius 2 is 2.36 bits per heavy atom. The van der Waals surface area contributed by atoms with Crippen LogP contribution < -0.4 is 5.56 Å². The van der Waals surface area contributed by atoms with Gasteiger partial charge < -0.3 is 9.09 Å². The van der Waals surface area contributed by atoms with Gasteiger partial charge in [0.05, 0.1) is 12.2 Å². The third kappa shape index (κ3) is 1.74. The molecular formula is C10H10N2O2.